The van der Waals surface area contributed by atoms with Crippen LogP contribution in [-0.2, 0) is 10.4 Å². The van der Waals surface area contributed by atoms with E-state index in [2.05, 4.69) is 26.6 Å². The Hall–Kier alpha value is -1.92. The van der Waals surface area contributed by atoms with Gasteiger partial charge in [-0.1, -0.05) is 28.1 Å². The highest BCUT2D eigenvalue weighted by atomic mass is 79.9. The highest BCUT2D eigenvalue weighted by Crippen LogP contribution is 2.21. The molecule has 24 heavy (non-hydrogen) atoms. The fourth-order valence-electron chi connectivity index (χ4n) is 2.25. The second-order valence-corrected chi connectivity index (χ2v) is 6.79. The van der Waals surface area contributed by atoms with Crippen LogP contribution >= 0.6 is 15.9 Å². The lowest BCUT2D eigenvalue weighted by Gasteiger charge is -2.24. The van der Waals surface area contributed by atoms with Crippen molar-refractivity contribution in [3.63, 3.8) is 0 Å². The van der Waals surface area contributed by atoms with Crippen LogP contribution in [0.2, 0.25) is 0 Å². The minimum absolute atomic E-state index is 0.0401. The van der Waals surface area contributed by atoms with Gasteiger partial charge in [0.1, 0.15) is 11.4 Å². The van der Waals surface area contributed by atoms with E-state index in [0.29, 0.717) is 5.56 Å². The Labute approximate surface area is 149 Å². The van der Waals surface area contributed by atoms with Crippen molar-refractivity contribution in [2.75, 3.05) is 18.4 Å². The molecule has 0 spiro atoms. The molecule has 128 valence electrons. The number of halogens is 2. The molecule has 1 atom stereocenters. The molecule has 4 nitrogen and oxygen atoms in total. The lowest BCUT2D eigenvalue weighted by atomic mass is 9.96. The van der Waals surface area contributed by atoms with Gasteiger partial charge in [0.15, 0.2) is 0 Å². The molecule has 0 bridgehead atoms. The minimum Gasteiger partial charge on any atom is -0.384 e. The summed E-state index contributed by atoms with van der Waals surface area (Å²) >= 11 is 3.39. The van der Waals surface area contributed by atoms with Crippen molar-refractivity contribution >= 4 is 27.5 Å². The predicted octanol–water partition coefficient (Wildman–Crippen LogP) is 3.33. The van der Waals surface area contributed by atoms with Gasteiger partial charge in [0.2, 0.25) is 5.91 Å². The number of anilines is 1. The summed E-state index contributed by atoms with van der Waals surface area (Å²) in [6.45, 7) is 3.66. The van der Waals surface area contributed by atoms with Gasteiger partial charge < -0.3 is 15.7 Å². The first kappa shape index (κ1) is 18.4. The number of benzene rings is 2. The molecule has 0 saturated heterocycles. The third-order valence-corrected chi connectivity index (χ3v) is 4.22. The third kappa shape index (κ3) is 5.04. The van der Waals surface area contributed by atoms with Gasteiger partial charge in [-0.15, -0.1) is 0 Å². The van der Waals surface area contributed by atoms with Gasteiger partial charge in [-0.2, -0.15) is 0 Å². The smallest absolute Gasteiger partial charge is 0.239 e. The Kier molecular flexibility index (Phi) is 5.96. The van der Waals surface area contributed by atoms with Gasteiger partial charge >= 0.3 is 0 Å². The zero-order valence-electron chi connectivity index (χ0n) is 13.6. The molecule has 2 aromatic carbocycles. The second-order valence-electron chi connectivity index (χ2n) is 5.87. The maximum Gasteiger partial charge on any atom is 0.239 e. The van der Waals surface area contributed by atoms with Crippen LogP contribution in [0.1, 0.15) is 18.1 Å². The average Bonchev–Trinajstić information content (AvgIpc) is 2.52. The third-order valence-electron chi connectivity index (χ3n) is 3.72. The maximum atomic E-state index is 12.9. The summed E-state index contributed by atoms with van der Waals surface area (Å²) in [6.07, 6.45) is 0. The van der Waals surface area contributed by atoms with E-state index in [9.17, 15) is 14.3 Å². The fourth-order valence-corrected chi connectivity index (χ4v) is 2.72. The lowest BCUT2D eigenvalue weighted by molar-refractivity contribution is -0.120. The summed E-state index contributed by atoms with van der Waals surface area (Å²) in [5.41, 5.74) is 1.17. The van der Waals surface area contributed by atoms with Crippen molar-refractivity contribution in [1.82, 2.24) is 5.32 Å². The van der Waals surface area contributed by atoms with Gasteiger partial charge in [0, 0.05) is 10.2 Å². The van der Waals surface area contributed by atoms with Crippen LogP contribution in [0.25, 0.3) is 0 Å². The molecule has 0 aromatic heterocycles. The summed E-state index contributed by atoms with van der Waals surface area (Å²) in [5, 5.41) is 16.2. The van der Waals surface area contributed by atoms with Crippen molar-refractivity contribution in [3.8, 4) is 0 Å². The van der Waals surface area contributed by atoms with Crippen LogP contribution < -0.4 is 10.6 Å². The molecule has 0 aliphatic carbocycles. The van der Waals surface area contributed by atoms with Gasteiger partial charge in [-0.3, -0.25) is 4.79 Å². The van der Waals surface area contributed by atoms with Crippen LogP contribution in [0.15, 0.2) is 46.9 Å². The maximum absolute atomic E-state index is 12.9. The molecule has 0 saturated carbocycles. The highest BCUT2D eigenvalue weighted by molar-refractivity contribution is 9.10. The average molecular weight is 395 g/mol. The number of aryl methyl sites for hydroxylation is 1. The van der Waals surface area contributed by atoms with Crippen molar-refractivity contribution in [2.24, 2.45) is 0 Å². The second kappa shape index (κ2) is 7.77. The first-order valence-corrected chi connectivity index (χ1v) is 8.32. The highest BCUT2D eigenvalue weighted by Gasteiger charge is 2.23. The van der Waals surface area contributed by atoms with Gasteiger partial charge in [-0.25, -0.2) is 4.39 Å². The Bertz CT molecular complexity index is 717. The number of rotatable bonds is 6. The largest absolute Gasteiger partial charge is 0.384 e. The van der Waals surface area contributed by atoms with Crippen molar-refractivity contribution in [1.29, 1.82) is 0 Å². The zero-order chi connectivity index (χ0) is 17.7. The monoisotopic (exact) mass is 394 g/mol. The van der Waals surface area contributed by atoms with E-state index in [0.717, 1.165) is 15.7 Å². The standard InChI is InChI=1S/C18H20BrFN2O2/c1-12-9-14(19)5-8-16(12)21-10-17(23)22-11-18(2,24)13-3-6-15(20)7-4-13/h3-9,21,24H,10-11H2,1-2H3,(H,22,23)/t18-/m0/s1. The van der Waals surface area contributed by atoms with E-state index in [1.165, 1.54) is 24.3 Å². The molecular formula is C18H20BrFN2O2. The molecule has 2 aromatic rings. The summed E-state index contributed by atoms with van der Waals surface area (Å²) in [6, 6.07) is 11.3. The molecule has 0 aliphatic rings. The first-order chi connectivity index (χ1) is 11.3. The molecule has 2 rings (SSSR count). The number of hydrogen-bond acceptors (Lipinski definition) is 3. The van der Waals surface area contributed by atoms with Crippen LogP contribution in [0.5, 0.6) is 0 Å². The van der Waals surface area contributed by atoms with Crippen molar-refractivity contribution < 1.29 is 14.3 Å². The number of nitrogens with one attached hydrogen (secondary N) is 2. The molecule has 0 fully saturated rings. The summed E-state index contributed by atoms with van der Waals surface area (Å²) in [5.74, 6) is -0.604. The Balaban J connectivity index is 1.87. The summed E-state index contributed by atoms with van der Waals surface area (Å²) in [4.78, 5) is 12.0. The number of amides is 1. The first-order valence-electron chi connectivity index (χ1n) is 7.53. The van der Waals surface area contributed by atoms with E-state index in [-0.39, 0.29) is 24.8 Å². The predicted molar refractivity (Wildman–Crippen MR) is 96.3 cm³/mol. The summed E-state index contributed by atoms with van der Waals surface area (Å²) in [7, 11) is 0. The van der Waals surface area contributed by atoms with E-state index in [4.69, 9.17) is 0 Å². The Morgan fingerprint density at radius 1 is 1.25 bits per heavy atom. The fraction of sp³-hybridized carbons (Fsp3) is 0.278. The van der Waals surface area contributed by atoms with E-state index in [1.54, 1.807) is 6.92 Å². The Morgan fingerprint density at radius 3 is 2.54 bits per heavy atom. The van der Waals surface area contributed by atoms with Crippen LogP contribution in [-0.4, -0.2) is 24.1 Å². The van der Waals surface area contributed by atoms with Gasteiger partial charge in [-0.05, 0) is 55.3 Å². The van der Waals surface area contributed by atoms with Crippen molar-refractivity contribution in [3.05, 3.63) is 63.9 Å². The SMILES string of the molecule is Cc1cc(Br)ccc1NCC(=O)NC[C@](C)(O)c1ccc(F)cc1. The molecule has 0 unspecified atom stereocenters. The van der Waals surface area contributed by atoms with Crippen LogP contribution in [0, 0.1) is 12.7 Å². The van der Waals surface area contributed by atoms with Crippen LogP contribution in [0.4, 0.5) is 10.1 Å². The number of carbonyl (C=O) groups is 1. The molecule has 6 heteroatoms. The molecule has 1 amide bonds. The van der Waals surface area contributed by atoms with E-state index < -0.39 is 5.60 Å². The topological polar surface area (TPSA) is 61.4 Å². The van der Waals surface area contributed by atoms with E-state index in [1.807, 2.05) is 25.1 Å². The van der Waals surface area contributed by atoms with Crippen molar-refractivity contribution in [2.45, 2.75) is 19.4 Å². The number of hydrogen-bond donors (Lipinski definition) is 3. The molecule has 0 aliphatic heterocycles. The Morgan fingerprint density at radius 2 is 1.92 bits per heavy atom. The number of aliphatic hydroxyl groups is 1. The molecule has 3 N–H and O–H groups in total. The quantitative estimate of drug-likeness (QED) is 0.703. The van der Waals surface area contributed by atoms with Gasteiger partial charge in [0.05, 0.1) is 13.1 Å². The van der Waals surface area contributed by atoms with Gasteiger partial charge in [0.25, 0.3) is 0 Å². The molecule has 0 radical (unpaired) electrons. The number of carbonyl (C=O) groups excluding carboxylic acids is 1. The molecule has 0 heterocycles. The minimum atomic E-state index is -1.27. The lowest BCUT2D eigenvalue weighted by Crippen LogP contribution is -2.40. The summed E-state index contributed by atoms with van der Waals surface area (Å²) < 4.78 is 13.9. The van der Waals surface area contributed by atoms with Crippen LogP contribution in [0.3, 0.4) is 0 Å². The zero-order valence-corrected chi connectivity index (χ0v) is 15.2. The normalized spacial score (nSPS) is 13.2. The molecular weight excluding hydrogens is 375 g/mol. The van der Waals surface area contributed by atoms with E-state index >= 15 is 0 Å².